The van der Waals surface area contributed by atoms with Gasteiger partial charge in [-0.05, 0) is 38.8 Å². The van der Waals surface area contributed by atoms with Gasteiger partial charge in [-0.2, -0.15) is 0 Å². The summed E-state index contributed by atoms with van der Waals surface area (Å²) in [6.45, 7) is 7.51. The molecule has 1 amide bonds. The number of nitrogens with one attached hydrogen (secondary N) is 1. The molecule has 0 unspecified atom stereocenters. The molecule has 1 aliphatic heterocycles. The quantitative estimate of drug-likeness (QED) is 0.942. The van der Waals surface area contributed by atoms with Gasteiger partial charge >= 0.3 is 0 Å². The van der Waals surface area contributed by atoms with Gasteiger partial charge in [0.1, 0.15) is 0 Å². The summed E-state index contributed by atoms with van der Waals surface area (Å²) in [5, 5.41) is 8.19. The molecular formula is C17H24N4O2. The van der Waals surface area contributed by atoms with E-state index in [1.165, 1.54) is 0 Å². The fraction of sp³-hybridized carbons (Fsp3) is 0.588. The Morgan fingerprint density at radius 3 is 2.70 bits per heavy atom. The molecule has 6 nitrogen and oxygen atoms in total. The van der Waals surface area contributed by atoms with Crippen LogP contribution < -0.4 is 5.32 Å². The highest BCUT2D eigenvalue weighted by atomic mass is 16.5. The molecular weight excluding hydrogens is 292 g/mol. The average Bonchev–Trinajstić information content (AvgIpc) is 2.97. The van der Waals surface area contributed by atoms with E-state index in [1.807, 2.05) is 38.8 Å². The lowest BCUT2D eigenvalue weighted by molar-refractivity contribution is 0.0709. The Labute approximate surface area is 136 Å². The summed E-state index contributed by atoms with van der Waals surface area (Å²) in [5.74, 6) is 0.238. The molecule has 0 saturated carbocycles. The zero-order chi connectivity index (χ0) is 16.6. The third-order valence-electron chi connectivity index (χ3n) is 4.57. The molecule has 0 aromatic carbocycles. The van der Waals surface area contributed by atoms with Crippen LogP contribution in [-0.2, 0) is 0 Å². The molecule has 1 aliphatic rings. The van der Waals surface area contributed by atoms with Crippen molar-refractivity contribution >= 4 is 17.0 Å². The van der Waals surface area contributed by atoms with Crippen molar-refractivity contribution in [1.82, 2.24) is 20.4 Å². The van der Waals surface area contributed by atoms with E-state index in [0.717, 1.165) is 42.7 Å². The third kappa shape index (κ3) is 2.95. The lowest BCUT2D eigenvalue weighted by Crippen LogP contribution is -2.44. The van der Waals surface area contributed by atoms with Crippen LogP contribution in [0, 0.1) is 6.92 Å². The predicted octanol–water partition coefficient (Wildman–Crippen LogP) is 2.48. The first kappa shape index (κ1) is 15.9. The Morgan fingerprint density at radius 2 is 2.09 bits per heavy atom. The number of pyridine rings is 1. The van der Waals surface area contributed by atoms with Crippen LogP contribution in [0.3, 0.4) is 0 Å². The fourth-order valence-electron chi connectivity index (χ4n) is 3.20. The molecule has 3 heterocycles. The summed E-state index contributed by atoms with van der Waals surface area (Å²) in [7, 11) is 1.98. The minimum Gasteiger partial charge on any atom is -0.339 e. The van der Waals surface area contributed by atoms with E-state index in [1.54, 1.807) is 0 Å². The topological polar surface area (TPSA) is 71.3 Å². The third-order valence-corrected chi connectivity index (χ3v) is 4.57. The van der Waals surface area contributed by atoms with Crippen molar-refractivity contribution < 1.29 is 9.32 Å². The average molecular weight is 316 g/mol. The van der Waals surface area contributed by atoms with E-state index in [0.29, 0.717) is 17.3 Å². The molecule has 0 radical (unpaired) electrons. The number of fused-ring (bicyclic) bond motifs is 1. The van der Waals surface area contributed by atoms with Crippen LogP contribution in [0.15, 0.2) is 10.6 Å². The van der Waals surface area contributed by atoms with E-state index in [2.05, 4.69) is 15.5 Å². The van der Waals surface area contributed by atoms with Crippen molar-refractivity contribution in [3.63, 3.8) is 0 Å². The van der Waals surface area contributed by atoms with Gasteiger partial charge in [-0.1, -0.05) is 19.0 Å². The molecule has 0 spiro atoms. The predicted molar refractivity (Wildman–Crippen MR) is 88.6 cm³/mol. The number of rotatable bonds is 3. The van der Waals surface area contributed by atoms with Crippen LogP contribution in [0.25, 0.3) is 11.1 Å². The van der Waals surface area contributed by atoms with Gasteiger partial charge < -0.3 is 14.7 Å². The summed E-state index contributed by atoms with van der Waals surface area (Å²) < 4.78 is 5.36. The van der Waals surface area contributed by atoms with Gasteiger partial charge in [0.05, 0.1) is 16.6 Å². The first-order valence-electron chi connectivity index (χ1n) is 8.24. The molecule has 2 aromatic heterocycles. The highest BCUT2D eigenvalue weighted by molar-refractivity contribution is 6.06. The lowest BCUT2D eigenvalue weighted by Gasteiger charge is -2.32. The van der Waals surface area contributed by atoms with Gasteiger partial charge in [0, 0.05) is 24.8 Å². The minimum absolute atomic E-state index is 0.0557. The molecule has 3 rings (SSSR count). The number of piperidine rings is 1. The van der Waals surface area contributed by atoms with Gasteiger partial charge in [-0.25, -0.2) is 4.98 Å². The molecule has 23 heavy (non-hydrogen) atoms. The molecule has 1 N–H and O–H groups in total. The molecule has 2 aromatic rings. The Kier molecular flexibility index (Phi) is 4.35. The Balaban J connectivity index is 1.98. The first-order valence-corrected chi connectivity index (χ1v) is 8.24. The zero-order valence-corrected chi connectivity index (χ0v) is 14.2. The SMILES string of the molecule is CNC1CCN(C(=O)c2cc(C)nc3onc(C(C)C)c23)CC1. The maximum absolute atomic E-state index is 13.0. The van der Waals surface area contributed by atoms with Gasteiger partial charge in [0.2, 0.25) is 0 Å². The smallest absolute Gasteiger partial charge is 0.259 e. The molecule has 1 saturated heterocycles. The fourth-order valence-corrected chi connectivity index (χ4v) is 3.20. The van der Waals surface area contributed by atoms with Crippen molar-refractivity contribution in [2.45, 2.75) is 45.6 Å². The van der Waals surface area contributed by atoms with Crippen molar-refractivity contribution in [1.29, 1.82) is 0 Å². The maximum atomic E-state index is 13.0. The summed E-state index contributed by atoms with van der Waals surface area (Å²) in [6.07, 6.45) is 1.96. The van der Waals surface area contributed by atoms with Crippen molar-refractivity contribution in [2.24, 2.45) is 0 Å². The Morgan fingerprint density at radius 1 is 1.39 bits per heavy atom. The van der Waals surface area contributed by atoms with E-state index >= 15 is 0 Å². The van der Waals surface area contributed by atoms with Crippen LogP contribution in [0.1, 0.15) is 54.4 Å². The highest BCUT2D eigenvalue weighted by Gasteiger charge is 2.27. The van der Waals surface area contributed by atoms with Gasteiger partial charge in [-0.3, -0.25) is 4.79 Å². The number of hydrogen-bond donors (Lipinski definition) is 1. The van der Waals surface area contributed by atoms with E-state index in [9.17, 15) is 4.79 Å². The number of aryl methyl sites for hydroxylation is 1. The van der Waals surface area contributed by atoms with Crippen molar-refractivity contribution in [2.75, 3.05) is 20.1 Å². The molecule has 124 valence electrons. The second kappa shape index (κ2) is 6.28. The normalized spacial score (nSPS) is 16.5. The second-order valence-corrected chi connectivity index (χ2v) is 6.57. The summed E-state index contributed by atoms with van der Waals surface area (Å²) in [5.41, 5.74) is 2.71. The van der Waals surface area contributed by atoms with E-state index < -0.39 is 0 Å². The number of aromatic nitrogens is 2. The van der Waals surface area contributed by atoms with Crippen molar-refractivity contribution in [3.8, 4) is 0 Å². The number of nitrogens with zero attached hydrogens (tertiary/aromatic N) is 3. The summed E-state index contributed by atoms with van der Waals surface area (Å²) in [4.78, 5) is 19.4. The number of hydrogen-bond acceptors (Lipinski definition) is 5. The largest absolute Gasteiger partial charge is 0.339 e. The molecule has 6 heteroatoms. The zero-order valence-electron chi connectivity index (χ0n) is 14.2. The summed E-state index contributed by atoms with van der Waals surface area (Å²) >= 11 is 0. The van der Waals surface area contributed by atoms with Crippen LogP contribution in [-0.4, -0.2) is 47.1 Å². The van der Waals surface area contributed by atoms with Gasteiger partial charge in [0.25, 0.3) is 11.6 Å². The number of carbonyl (C=O) groups is 1. The van der Waals surface area contributed by atoms with Crippen LogP contribution >= 0.6 is 0 Å². The van der Waals surface area contributed by atoms with Gasteiger partial charge in [0.15, 0.2) is 0 Å². The molecule has 1 fully saturated rings. The van der Waals surface area contributed by atoms with Crippen LogP contribution in [0.2, 0.25) is 0 Å². The van der Waals surface area contributed by atoms with Crippen LogP contribution in [0.5, 0.6) is 0 Å². The van der Waals surface area contributed by atoms with Gasteiger partial charge in [-0.15, -0.1) is 0 Å². The lowest BCUT2D eigenvalue weighted by atomic mass is 10.00. The molecule has 0 bridgehead atoms. The second-order valence-electron chi connectivity index (χ2n) is 6.57. The number of amides is 1. The summed E-state index contributed by atoms with van der Waals surface area (Å²) in [6, 6.07) is 2.36. The first-order chi connectivity index (χ1) is 11.0. The molecule has 0 atom stereocenters. The number of likely N-dealkylation sites (tertiary alicyclic amines) is 1. The van der Waals surface area contributed by atoms with E-state index in [4.69, 9.17) is 4.52 Å². The molecule has 0 aliphatic carbocycles. The Hall–Kier alpha value is -1.95. The minimum atomic E-state index is 0.0557. The standard InChI is InChI=1S/C17H24N4O2/c1-10(2)15-14-13(9-11(3)19-16(14)23-20-15)17(22)21-7-5-12(18-4)6-8-21/h9-10,12,18H,5-8H2,1-4H3. The van der Waals surface area contributed by atoms with Crippen molar-refractivity contribution in [3.05, 3.63) is 23.0 Å². The highest BCUT2D eigenvalue weighted by Crippen LogP contribution is 2.29. The van der Waals surface area contributed by atoms with Crippen LogP contribution in [0.4, 0.5) is 0 Å². The Bertz CT molecular complexity index is 715. The number of carbonyl (C=O) groups excluding carboxylic acids is 1. The monoisotopic (exact) mass is 316 g/mol. The van der Waals surface area contributed by atoms with E-state index in [-0.39, 0.29) is 11.8 Å². The maximum Gasteiger partial charge on any atom is 0.259 e.